The minimum atomic E-state index is 0.303. The second-order valence-corrected chi connectivity index (χ2v) is 7.02. The summed E-state index contributed by atoms with van der Waals surface area (Å²) in [5.74, 6) is 2.09. The molecular weight excluding hydrogens is 336 g/mol. The summed E-state index contributed by atoms with van der Waals surface area (Å²) < 4.78 is 0. The number of rotatable bonds is 3. The van der Waals surface area contributed by atoms with E-state index in [0.29, 0.717) is 5.75 Å². The molecular formula is C22H24N4O. The maximum Gasteiger partial charge on any atom is 0.132 e. The summed E-state index contributed by atoms with van der Waals surface area (Å²) in [6.45, 7) is 7.71. The molecule has 3 aromatic rings. The van der Waals surface area contributed by atoms with E-state index < -0.39 is 0 Å². The topological polar surface area (TPSA) is 52.5 Å². The molecule has 138 valence electrons. The Hall–Kier alpha value is -3.08. The molecule has 5 heteroatoms. The van der Waals surface area contributed by atoms with Gasteiger partial charge in [0.05, 0.1) is 5.69 Å². The fourth-order valence-corrected chi connectivity index (χ4v) is 3.44. The Labute approximate surface area is 159 Å². The first-order valence-corrected chi connectivity index (χ1v) is 9.30. The van der Waals surface area contributed by atoms with Crippen LogP contribution in [0.5, 0.6) is 5.75 Å². The largest absolute Gasteiger partial charge is 0.508 e. The zero-order valence-corrected chi connectivity index (χ0v) is 15.8. The summed E-state index contributed by atoms with van der Waals surface area (Å²) in [5.41, 5.74) is 4.48. The van der Waals surface area contributed by atoms with Crippen LogP contribution in [-0.4, -0.2) is 41.3 Å². The minimum absolute atomic E-state index is 0.303. The highest BCUT2D eigenvalue weighted by molar-refractivity contribution is 5.63. The van der Waals surface area contributed by atoms with Crippen molar-refractivity contribution in [3.05, 3.63) is 66.0 Å². The van der Waals surface area contributed by atoms with Gasteiger partial charge in [0.1, 0.15) is 17.4 Å². The third-order valence-corrected chi connectivity index (χ3v) is 4.99. The summed E-state index contributed by atoms with van der Waals surface area (Å²) in [6, 6.07) is 18.0. The van der Waals surface area contributed by atoms with E-state index in [4.69, 9.17) is 0 Å². The van der Waals surface area contributed by atoms with Gasteiger partial charge in [-0.25, -0.2) is 9.97 Å². The van der Waals surface area contributed by atoms with E-state index in [0.717, 1.165) is 54.8 Å². The highest BCUT2D eigenvalue weighted by atomic mass is 16.3. The van der Waals surface area contributed by atoms with Crippen LogP contribution >= 0.6 is 0 Å². The Morgan fingerprint density at radius 1 is 0.778 bits per heavy atom. The fourth-order valence-electron chi connectivity index (χ4n) is 3.44. The van der Waals surface area contributed by atoms with E-state index in [1.165, 1.54) is 5.56 Å². The van der Waals surface area contributed by atoms with Crippen LogP contribution in [0.3, 0.4) is 0 Å². The van der Waals surface area contributed by atoms with E-state index in [1.54, 1.807) is 12.1 Å². The molecule has 0 amide bonds. The Kier molecular flexibility index (Phi) is 4.67. The van der Waals surface area contributed by atoms with Crippen LogP contribution in [0.1, 0.15) is 11.4 Å². The lowest BCUT2D eigenvalue weighted by Gasteiger charge is -2.36. The normalized spacial score (nSPS) is 14.4. The van der Waals surface area contributed by atoms with E-state index >= 15 is 0 Å². The summed E-state index contributed by atoms with van der Waals surface area (Å²) in [6.07, 6.45) is 0. The first kappa shape index (κ1) is 17.3. The van der Waals surface area contributed by atoms with E-state index in [9.17, 15) is 5.11 Å². The molecule has 4 rings (SSSR count). The van der Waals surface area contributed by atoms with Crippen LogP contribution in [0.2, 0.25) is 0 Å². The van der Waals surface area contributed by atoms with Gasteiger partial charge >= 0.3 is 0 Å². The molecule has 1 aliphatic heterocycles. The van der Waals surface area contributed by atoms with Gasteiger partial charge in [-0.1, -0.05) is 29.8 Å². The van der Waals surface area contributed by atoms with Crippen molar-refractivity contribution >= 4 is 11.5 Å². The summed E-state index contributed by atoms with van der Waals surface area (Å²) >= 11 is 0. The van der Waals surface area contributed by atoms with Gasteiger partial charge in [-0.15, -0.1) is 0 Å². The third kappa shape index (κ3) is 3.87. The average Bonchev–Trinajstić information content (AvgIpc) is 2.69. The molecule has 0 saturated carbocycles. The maximum absolute atomic E-state index is 9.47. The molecule has 0 spiro atoms. The maximum atomic E-state index is 9.47. The number of piperazine rings is 1. The number of nitrogens with zero attached hydrogens (tertiary/aromatic N) is 4. The Morgan fingerprint density at radius 3 is 2.07 bits per heavy atom. The molecule has 1 saturated heterocycles. The molecule has 1 N–H and O–H groups in total. The molecule has 1 fully saturated rings. The third-order valence-electron chi connectivity index (χ3n) is 4.99. The Bertz CT molecular complexity index is 914. The molecule has 27 heavy (non-hydrogen) atoms. The lowest BCUT2D eigenvalue weighted by atomic mass is 10.1. The number of benzene rings is 2. The monoisotopic (exact) mass is 360 g/mol. The standard InChI is InChI=1S/C22H24N4O/c1-16-3-5-18(6-4-16)21-15-22(24-17(2)23-21)26-13-11-25(12-14-26)19-7-9-20(27)10-8-19/h3-10,15,27H,11-14H2,1-2H3. The quantitative estimate of drug-likeness (QED) is 0.770. The first-order valence-electron chi connectivity index (χ1n) is 9.30. The van der Waals surface area contributed by atoms with Gasteiger partial charge < -0.3 is 14.9 Å². The molecule has 0 bridgehead atoms. The number of aromatic hydroxyl groups is 1. The summed E-state index contributed by atoms with van der Waals surface area (Å²) in [4.78, 5) is 14.0. The number of hydrogen-bond donors (Lipinski definition) is 1. The van der Waals surface area contributed by atoms with E-state index in [-0.39, 0.29) is 0 Å². The smallest absolute Gasteiger partial charge is 0.132 e. The zero-order chi connectivity index (χ0) is 18.8. The van der Waals surface area contributed by atoms with Crippen molar-refractivity contribution in [2.24, 2.45) is 0 Å². The molecule has 2 aromatic carbocycles. The van der Waals surface area contributed by atoms with Gasteiger partial charge in [-0.3, -0.25) is 0 Å². The minimum Gasteiger partial charge on any atom is -0.508 e. The highest BCUT2D eigenvalue weighted by Gasteiger charge is 2.19. The van der Waals surface area contributed by atoms with Crippen LogP contribution in [-0.2, 0) is 0 Å². The second kappa shape index (κ2) is 7.27. The van der Waals surface area contributed by atoms with Crippen molar-refractivity contribution in [3.8, 4) is 17.0 Å². The van der Waals surface area contributed by atoms with Gasteiger partial charge in [-0.05, 0) is 38.1 Å². The summed E-state index contributed by atoms with van der Waals surface area (Å²) in [5, 5.41) is 9.47. The lowest BCUT2D eigenvalue weighted by molar-refractivity contribution is 0.475. The van der Waals surface area contributed by atoms with Gasteiger partial charge in [0.2, 0.25) is 0 Å². The van der Waals surface area contributed by atoms with Gasteiger partial charge in [0.25, 0.3) is 0 Å². The van der Waals surface area contributed by atoms with Gasteiger partial charge in [-0.2, -0.15) is 0 Å². The summed E-state index contributed by atoms with van der Waals surface area (Å²) in [7, 11) is 0. The molecule has 2 heterocycles. The van der Waals surface area contributed by atoms with Crippen molar-refractivity contribution in [3.63, 3.8) is 0 Å². The predicted octanol–water partition coefficient (Wildman–Crippen LogP) is 3.79. The van der Waals surface area contributed by atoms with Crippen molar-refractivity contribution in [1.82, 2.24) is 9.97 Å². The Morgan fingerprint density at radius 2 is 1.41 bits per heavy atom. The van der Waals surface area contributed by atoms with Crippen LogP contribution in [0, 0.1) is 13.8 Å². The SMILES string of the molecule is Cc1ccc(-c2cc(N3CCN(c4ccc(O)cc4)CC3)nc(C)n2)cc1. The molecule has 0 atom stereocenters. The second-order valence-electron chi connectivity index (χ2n) is 7.02. The highest BCUT2D eigenvalue weighted by Crippen LogP contribution is 2.25. The van der Waals surface area contributed by atoms with Gasteiger partial charge in [0, 0.05) is 43.5 Å². The van der Waals surface area contributed by atoms with Crippen molar-refractivity contribution < 1.29 is 5.11 Å². The first-order chi connectivity index (χ1) is 13.1. The van der Waals surface area contributed by atoms with Gasteiger partial charge in [0.15, 0.2) is 0 Å². The molecule has 0 radical (unpaired) electrons. The Balaban J connectivity index is 1.51. The van der Waals surface area contributed by atoms with Crippen molar-refractivity contribution in [2.75, 3.05) is 36.0 Å². The van der Waals surface area contributed by atoms with Crippen molar-refractivity contribution in [1.29, 1.82) is 0 Å². The van der Waals surface area contributed by atoms with Crippen LogP contribution in [0.4, 0.5) is 11.5 Å². The molecule has 1 aliphatic rings. The molecule has 0 aliphatic carbocycles. The van der Waals surface area contributed by atoms with Crippen LogP contribution in [0.25, 0.3) is 11.3 Å². The number of anilines is 2. The number of aromatic nitrogens is 2. The van der Waals surface area contributed by atoms with Crippen molar-refractivity contribution in [2.45, 2.75) is 13.8 Å². The molecule has 0 unspecified atom stereocenters. The predicted molar refractivity (Wildman–Crippen MR) is 109 cm³/mol. The van der Waals surface area contributed by atoms with E-state index in [1.807, 2.05) is 19.1 Å². The van der Waals surface area contributed by atoms with E-state index in [2.05, 4.69) is 57.0 Å². The fraction of sp³-hybridized carbons (Fsp3) is 0.273. The zero-order valence-electron chi connectivity index (χ0n) is 15.8. The molecule has 1 aromatic heterocycles. The molecule has 5 nitrogen and oxygen atoms in total. The van der Waals surface area contributed by atoms with Crippen LogP contribution in [0.15, 0.2) is 54.6 Å². The number of phenolic OH excluding ortho intramolecular Hbond substituents is 1. The number of hydrogen-bond acceptors (Lipinski definition) is 5. The lowest BCUT2D eigenvalue weighted by Crippen LogP contribution is -2.46. The average molecular weight is 360 g/mol. The number of aryl methyl sites for hydroxylation is 2. The number of phenols is 1. The van der Waals surface area contributed by atoms with Crippen LogP contribution < -0.4 is 9.80 Å².